The molecular weight excluding hydrogens is 124 g/mol. The van der Waals surface area contributed by atoms with Crippen LogP contribution >= 0.6 is 0 Å². The van der Waals surface area contributed by atoms with E-state index in [0.717, 1.165) is 0 Å². The third kappa shape index (κ3) is 1.21. The molecule has 0 aromatic carbocycles. The summed E-state index contributed by atoms with van der Waals surface area (Å²) in [5, 5.41) is 17.8. The van der Waals surface area contributed by atoms with Crippen molar-refractivity contribution in [3.63, 3.8) is 0 Å². The Morgan fingerprint density at radius 1 is 1.56 bits per heavy atom. The first-order chi connectivity index (χ1) is 4.25. The van der Waals surface area contributed by atoms with Crippen LogP contribution in [0.4, 0.5) is 0 Å². The Kier molecular flexibility index (Phi) is 2.02. The average molecular weight is 134 g/mol. The Morgan fingerprint density at radius 3 is 2.44 bits per heavy atom. The minimum Gasteiger partial charge on any atom is -0.388 e. The smallest absolute Gasteiger partial charge is 0.185 e. The molecule has 0 aromatic heterocycles. The first kappa shape index (κ1) is 6.95. The van der Waals surface area contributed by atoms with Crippen LogP contribution < -0.4 is 0 Å². The quantitative estimate of drug-likeness (QED) is 0.468. The van der Waals surface area contributed by atoms with Gasteiger partial charge in [0.15, 0.2) is 6.29 Å². The van der Waals surface area contributed by atoms with Crippen molar-refractivity contribution in [1.82, 2.24) is 0 Å². The van der Waals surface area contributed by atoms with Gasteiger partial charge in [0.1, 0.15) is 12.2 Å². The fourth-order valence-electron chi connectivity index (χ4n) is 0.779. The van der Waals surface area contributed by atoms with Crippen molar-refractivity contribution >= 4 is 0 Å². The number of hydrogen-bond donors (Lipinski definition) is 2. The number of aliphatic hydroxyl groups excluding tert-OH is 2. The molecule has 0 bridgehead atoms. The van der Waals surface area contributed by atoms with Gasteiger partial charge >= 0.3 is 0 Å². The van der Waals surface area contributed by atoms with Crippen molar-refractivity contribution in [1.29, 1.82) is 0 Å². The number of methoxy groups -OCH3 is 1. The first-order valence-electron chi connectivity index (χ1n) is 2.76. The second kappa shape index (κ2) is 2.62. The molecule has 1 rings (SSSR count). The molecule has 1 aliphatic rings. The van der Waals surface area contributed by atoms with Gasteiger partial charge in [0.25, 0.3) is 0 Å². The van der Waals surface area contributed by atoms with E-state index in [1.165, 1.54) is 7.11 Å². The van der Waals surface area contributed by atoms with Crippen molar-refractivity contribution < 1.29 is 19.7 Å². The molecule has 0 saturated carbocycles. The highest BCUT2D eigenvalue weighted by Gasteiger charge is 2.34. The van der Waals surface area contributed by atoms with Crippen LogP contribution in [0.2, 0.25) is 0 Å². The maximum absolute atomic E-state index is 8.96. The van der Waals surface area contributed by atoms with Gasteiger partial charge in [-0.3, -0.25) is 0 Å². The number of hydrogen-bond acceptors (Lipinski definition) is 4. The van der Waals surface area contributed by atoms with Crippen LogP contribution in [-0.4, -0.2) is 42.4 Å². The fourth-order valence-corrected chi connectivity index (χ4v) is 0.779. The van der Waals surface area contributed by atoms with E-state index in [4.69, 9.17) is 14.9 Å². The number of rotatable bonds is 1. The van der Waals surface area contributed by atoms with E-state index in [9.17, 15) is 0 Å². The fraction of sp³-hybridized carbons (Fsp3) is 1.00. The molecule has 1 fully saturated rings. The minimum absolute atomic E-state index is 0.152. The molecule has 9 heavy (non-hydrogen) atoms. The molecule has 0 spiro atoms. The van der Waals surface area contributed by atoms with Gasteiger partial charge in [-0.1, -0.05) is 0 Å². The van der Waals surface area contributed by atoms with Gasteiger partial charge in [0.05, 0.1) is 6.61 Å². The van der Waals surface area contributed by atoms with Crippen molar-refractivity contribution in [2.75, 3.05) is 13.7 Å². The predicted molar refractivity (Wildman–Crippen MR) is 28.8 cm³/mol. The summed E-state index contributed by atoms with van der Waals surface area (Å²) in [7, 11) is 1.42. The maximum Gasteiger partial charge on any atom is 0.185 e. The third-order valence-corrected chi connectivity index (χ3v) is 1.34. The summed E-state index contributed by atoms with van der Waals surface area (Å²) in [6.45, 7) is 0.152. The molecular formula is C5H10O4. The van der Waals surface area contributed by atoms with Gasteiger partial charge in [-0.2, -0.15) is 0 Å². The van der Waals surface area contributed by atoms with Gasteiger partial charge < -0.3 is 19.7 Å². The molecule has 1 aliphatic heterocycles. The normalized spacial score (nSPS) is 43.7. The first-order valence-corrected chi connectivity index (χ1v) is 2.76. The summed E-state index contributed by atoms with van der Waals surface area (Å²) in [5.74, 6) is 0. The standard InChI is InChI=1S/C5H10O4/c1-8-5-4(7)3(6)2-9-5/h3-7H,2H2,1H3. The highest BCUT2D eigenvalue weighted by Crippen LogP contribution is 2.13. The molecule has 3 unspecified atom stereocenters. The average Bonchev–Trinajstić information content (AvgIpc) is 2.15. The van der Waals surface area contributed by atoms with Crippen LogP contribution in [0.5, 0.6) is 0 Å². The molecule has 1 heterocycles. The molecule has 0 amide bonds. The molecule has 0 radical (unpaired) electrons. The Balaban J connectivity index is 2.41. The minimum atomic E-state index is -0.894. The zero-order valence-corrected chi connectivity index (χ0v) is 5.15. The van der Waals surface area contributed by atoms with Crippen molar-refractivity contribution in [2.24, 2.45) is 0 Å². The van der Waals surface area contributed by atoms with Gasteiger partial charge in [0.2, 0.25) is 0 Å². The highest BCUT2D eigenvalue weighted by atomic mass is 16.7. The summed E-state index contributed by atoms with van der Waals surface area (Å²) < 4.78 is 9.47. The largest absolute Gasteiger partial charge is 0.388 e. The molecule has 0 aromatic rings. The van der Waals surface area contributed by atoms with E-state index in [2.05, 4.69) is 4.74 Å². The lowest BCUT2D eigenvalue weighted by Crippen LogP contribution is -2.30. The van der Waals surface area contributed by atoms with Gasteiger partial charge in [0, 0.05) is 7.11 Å². The van der Waals surface area contributed by atoms with Crippen LogP contribution in [0.25, 0.3) is 0 Å². The summed E-state index contributed by atoms with van der Waals surface area (Å²) in [6.07, 6.45) is -2.34. The Morgan fingerprint density at radius 2 is 2.22 bits per heavy atom. The van der Waals surface area contributed by atoms with Crippen molar-refractivity contribution in [3.05, 3.63) is 0 Å². The van der Waals surface area contributed by atoms with Gasteiger partial charge in [-0.25, -0.2) is 0 Å². The van der Waals surface area contributed by atoms with E-state index in [1.807, 2.05) is 0 Å². The molecule has 3 atom stereocenters. The lowest BCUT2D eigenvalue weighted by molar-refractivity contribution is -0.134. The number of ether oxygens (including phenoxy) is 2. The Labute approximate surface area is 53.0 Å². The predicted octanol–water partition coefficient (Wildman–Crippen LogP) is -1.29. The van der Waals surface area contributed by atoms with Crippen LogP contribution in [-0.2, 0) is 9.47 Å². The van der Waals surface area contributed by atoms with Crippen LogP contribution in [0, 0.1) is 0 Å². The van der Waals surface area contributed by atoms with E-state index in [0.29, 0.717) is 0 Å². The summed E-state index contributed by atoms with van der Waals surface area (Å²) in [5.41, 5.74) is 0. The Hall–Kier alpha value is -0.160. The van der Waals surface area contributed by atoms with Gasteiger partial charge in [-0.15, -0.1) is 0 Å². The molecule has 0 aliphatic carbocycles. The summed E-state index contributed by atoms with van der Waals surface area (Å²) >= 11 is 0. The second-order valence-corrected chi connectivity index (χ2v) is 2.00. The summed E-state index contributed by atoms with van der Waals surface area (Å²) in [4.78, 5) is 0. The van der Waals surface area contributed by atoms with E-state index >= 15 is 0 Å². The van der Waals surface area contributed by atoms with Crippen molar-refractivity contribution in [3.8, 4) is 0 Å². The second-order valence-electron chi connectivity index (χ2n) is 2.00. The lowest BCUT2D eigenvalue weighted by atomic mass is 10.2. The Bertz CT molecular complexity index is 95.0. The highest BCUT2D eigenvalue weighted by molar-refractivity contribution is 4.76. The molecule has 1 saturated heterocycles. The molecule has 2 N–H and O–H groups in total. The SMILES string of the molecule is COC1OCC(O)C1O. The zero-order valence-electron chi connectivity index (χ0n) is 5.15. The van der Waals surface area contributed by atoms with Crippen LogP contribution in [0.1, 0.15) is 0 Å². The molecule has 4 heteroatoms. The van der Waals surface area contributed by atoms with Crippen LogP contribution in [0.15, 0.2) is 0 Å². The van der Waals surface area contributed by atoms with Crippen LogP contribution in [0.3, 0.4) is 0 Å². The molecule has 54 valence electrons. The molecule has 4 nitrogen and oxygen atoms in total. The number of aliphatic hydroxyl groups is 2. The van der Waals surface area contributed by atoms with E-state index in [1.54, 1.807) is 0 Å². The lowest BCUT2D eigenvalue weighted by Gasteiger charge is -2.11. The van der Waals surface area contributed by atoms with E-state index < -0.39 is 18.5 Å². The monoisotopic (exact) mass is 134 g/mol. The van der Waals surface area contributed by atoms with Crippen molar-refractivity contribution in [2.45, 2.75) is 18.5 Å². The van der Waals surface area contributed by atoms with Gasteiger partial charge in [-0.05, 0) is 0 Å². The van der Waals surface area contributed by atoms with E-state index in [-0.39, 0.29) is 6.61 Å². The maximum atomic E-state index is 8.96. The topological polar surface area (TPSA) is 58.9 Å². The summed E-state index contributed by atoms with van der Waals surface area (Å²) in [6, 6.07) is 0. The third-order valence-electron chi connectivity index (χ3n) is 1.34. The zero-order chi connectivity index (χ0) is 6.85.